The summed E-state index contributed by atoms with van der Waals surface area (Å²) in [6, 6.07) is 14.3. The van der Waals surface area contributed by atoms with Gasteiger partial charge < -0.3 is 15.0 Å². The summed E-state index contributed by atoms with van der Waals surface area (Å²) < 4.78 is 6.24. The largest absolute Gasteiger partial charge is 0.454 e. The summed E-state index contributed by atoms with van der Waals surface area (Å²) in [7, 11) is 0. The number of fused-ring (bicyclic) bond motifs is 2. The standard InChI is InChI=1S/C24H28N4O2/c1-16(2)27-11-13-28(14-12-27)23-19-15-18(25-24(29)17-7-8-17)9-10-21(19)30-22-6-4-3-5-20(22)26-23/h3-6,9-10,15-17H,7-8,11-14H2,1-2H3,(H,25,29). The number of anilines is 1. The molecule has 0 atom stereocenters. The highest BCUT2D eigenvalue weighted by molar-refractivity contribution is 6.05. The topological polar surface area (TPSA) is 57.2 Å². The highest BCUT2D eigenvalue weighted by atomic mass is 16.5. The Bertz CT molecular complexity index is 988. The maximum absolute atomic E-state index is 12.3. The first-order valence-electron chi connectivity index (χ1n) is 10.9. The number of piperazine rings is 1. The van der Waals surface area contributed by atoms with Crippen molar-refractivity contribution >= 4 is 23.1 Å². The summed E-state index contributed by atoms with van der Waals surface area (Å²) in [4.78, 5) is 22.1. The van der Waals surface area contributed by atoms with Crippen LogP contribution in [0.1, 0.15) is 32.3 Å². The zero-order valence-corrected chi connectivity index (χ0v) is 17.6. The van der Waals surface area contributed by atoms with Crippen molar-refractivity contribution < 1.29 is 9.53 Å². The van der Waals surface area contributed by atoms with Crippen molar-refractivity contribution in [2.45, 2.75) is 32.7 Å². The second kappa shape index (κ2) is 7.76. The number of ether oxygens (including phenoxy) is 1. The molecule has 30 heavy (non-hydrogen) atoms. The van der Waals surface area contributed by atoms with E-state index in [2.05, 4.69) is 29.0 Å². The Morgan fingerprint density at radius 2 is 1.83 bits per heavy atom. The first-order chi connectivity index (χ1) is 14.6. The predicted molar refractivity (Wildman–Crippen MR) is 119 cm³/mol. The minimum Gasteiger partial charge on any atom is -0.454 e. The zero-order chi connectivity index (χ0) is 20.7. The fourth-order valence-corrected chi connectivity index (χ4v) is 4.08. The highest BCUT2D eigenvalue weighted by Crippen LogP contribution is 2.39. The summed E-state index contributed by atoms with van der Waals surface area (Å²) in [5.41, 5.74) is 2.56. The van der Waals surface area contributed by atoms with Gasteiger partial charge in [-0.1, -0.05) is 12.1 Å². The van der Waals surface area contributed by atoms with Crippen molar-refractivity contribution in [2.75, 3.05) is 31.5 Å². The molecule has 2 aromatic rings. The fraction of sp³-hybridized carbons (Fsp3) is 0.417. The molecule has 2 heterocycles. The molecule has 1 aliphatic carbocycles. The molecule has 5 rings (SSSR count). The summed E-state index contributed by atoms with van der Waals surface area (Å²) in [6.07, 6.45) is 1.98. The molecule has 1 saturated heterocycles. The smallest absolute Gasteiger partial charge is 0.227 e. The van der Waals surface area contributed by atoms with Crippen LogP contribution < -0.4 is 10.1 Å². The number of carbonyl (C=O) groups is 1. The van der Waals surface area contributed by atoms with Crippen LogP contribution in [0, 0.1) is 5.92 Å². The van der Waals surface area contributed by atoms with Gasteiger partial charge in [0, 0.05) is 43.8 Å². The van der Waals surface area contributed by atoms with Crippen molar-refractivity contribution in [3.05, 3.63) is 48.0 Å². The van der Waals surface area contributed by atoms with Crippen LogP contribution in [-0.2, 0) is 4.79 Å². The van der Waals surface area contributed by atoms with Gasteiger partial charge in [0.15, 0.2) is 5.75 Å². The van der Waals surface area contributed by atoms with E-state index in [1.165, 1.54) is 0 Å². The lowest BCUT2D eigenvalue weighted by molar-refractivity contribution is -0.117. The summed E-state index contributed by atoms with van der Waals surface area (Å²) >= 11 is 0. The van der Waals surface area contributed by atoms with Gasteiger partial charge in [0.05, 0.1) is 5.56 Å². The van der Waals surface area contributed by atoms with Crippen molar-refractivity contribution in [3.63, 3.8) is 0 Å². The number of carbonyl (C=O) groups excluding carboxylic acids is 1. The van der Waals surface area contributed by atoms with E-state index in [0.29, 0.717) is 6.04 Å². The van der Waals surface area contributed by atoms with E-state index < -0.39 is 0 Å². The summed E-state index contributed by atoms with van der Waals surface area (Å²) in [6.45, 7) is 8.33. The Kier molecular flexibility index (Phi) is 4.95. The average Bonchev–Trinajstić information content (AvgIpc) is 3.60. The third-order valence-electron chi connectivity index (χ3n) is 6.09. The van der Waals surface area contributed by atoms with Gasteiger partial charge in [0.25, 0.3) is 0 Å². The van der Waals surface area contributed by atoms with E-state index >= 15 is 0 Å². The van der Waals surface area contributed by atoms with E-state index in [-0.39, 0.29) is 11.8 Å². The van der Waals surface area contributed by atoms with Gasteiger partial charge in [-0.2, -0.15) is 0 Å². The Balaban J connectivity index is 1.50. The molecule has 0 bridgehead atoms. The van der Waals surface area contributed by atoms with Gasteiger partial charge in [-0.3, -0.25) is 9.69 Å². The van der Waals surface area contributed by atoms with E-state index in [4.69, 9.17) is 9.73 Å². The Labute approximate surface area is 177 Å². The molecule has 156 valence electrons. The number of nitrogens with zero attached hydrogens (tertiary/aromatic N) is 3. The van der Waals surface area contributed by atoms with Crippen LogP contribution in [0.15, 0.2) is 47.5 Å². The molecule has 2 aliphatic heterocycles. The second-order valence-electron chi connectivity index (χ2n) is 8.60. The highest BCUT2D eigenvalue weighted by Gasteiger charge is 2.30. The average molecular weight is 405 g/mol. The van der Waals surface area contributed by atoms with Crippen LogP contribution >= 0.6 is 0 Å². The zero-order valence-electron chi connectivity index (χ0n) is 17.6. The minimum atomic E-state index is 0.108. The third kappa shape index (κ3) is 3.79. The van der Waals surface area contributed by atoms with E-state index in [9.17, 15) is 4.79 Å². The van der Waals surface area contributed by atoms with Gasteiger partial charge in [-0.25, -0.2) is 4.99 Å². The number of amides is 1. The van der Waals surface area contributed by atoms with Crippen LogP contribution in [-0.4, -0.2) is 53.8 Å². The van der Waals surface area contributed by atoms with Crippen molar-refractivity contribution in [2.24, 2.45) is 10.9 Å². The third-order valence-corrected chi connectivity index (χ3v) is 6.09. The maximum atomic E-state index is 12.3. The molecule has 1 N–H and O–H groups in total. The second-order valence-corrected chi connectivity index (χ2v) is 8.60. The predicted octanol–water partition coefficient (Wildman–Crippen LogP) is 4.25. The SMILES string of the molecule is CC(C)N1CCN(C2=Nc3ccccc3Oc3ccc(NC(=O)C4CC4)cc32)CC1. The van der Waals surface area contributed by atoms with Gasteiger partial charge in [0.1, 0.15) is 17.3 Å². The number of rotatable bonds is 3. The molecule has 1 amide bonds. The van der Waals surface area contributed by atoms with Crippen molar-refractivity contribution in [1.29, 1.82) is 0 Å². The molecule has 2 aromatic carbocycles. The van der Waals surface area contributed by atoms with E-state index in [1.807, 2.05) is 42.5 Å². The maximum Gasteiger partial charge on any atom is 0.227 e. The molecule has 3 aliphatic rings. The molecular weight excluding hydrogens is 376 g/mol. The lowest BCUT2D eigenvalue weighted by Gasteiger charge is -2.38. The first kappa shape index (κ1) is 19.1. The molecule has 2 fully saturated rings. The lowest BCUT2D eigenvalue weighted by atomic mass is 10.1. The number of aliphatic imine (C=N–C) groups is 1. The molecule has 1 saturated carbocycles. The Hall–Kier alpha value is -2.86. The molecule has 6 heteroatoms. The molecule has 0 spiro atoms. The number of para-hydroxylation sites is 2. The lowest BCUT2D eigenvalue weighted by Crippen LogP contribution is -2.50. The summed E-state index contributed by atoms with van der Waals surface area (Å²) in [5.74, 6) is 2.72. The van der Waals surface area contributed by atoms with Gasteiger partial charge in [0.2, 0.25) is 5.91 Å². The van der Waals surface area contributed by atoms with E-state index in [1.54, 1.807) is 0 Å². The van der Waals surface area contributed by atoms with Crippen LogP contribution in [0.2, 0.25) is 0 Å². The van der Waals surface area contributed by atoms with Gasteiger partial charge in [-0.05, 0) is 57.0 Å². The van der Waals surface area contributed by atoms with Crippen molar-refractivity contribution in [3.8, 4) is 11.5 Å². The number of hydrogen-bond acceptors (Lipinski definition) is 5. The normalized spacial score (nSPS) is 18.8. The first-order valence-corrected chi connectivity index (χ1v) is 10.9. The van der Waals surface area contributed by atoms with Crippen molar-refractivity contribution in [1.82, 2.24) is 9.80 Å². The van der Waals surface area contributed by atoms with Crippen LogP contribution in [0.5, 0.6) is 11.5 Å². The molecule has 0 radical (unpaired) electrons. The number of amidine groups is 1. The number of benzene rings is 2. The van der Waals surface area contributed by atoms with Crippen LogP contribution in [0.4, 0.5) is 11.4 Å². The van der Waals surface area contributed by atoms with Crippen LogP contribution in [0.3, 0.4) is 0 Å². The van der Waals surface area contributed by atoms with Gasteiger partial charge in [-0.15, -0.1) is 0 Å². The van der Waals surface area contributed by atoms with Crippen LogP contribution in [0.25, 0.3) is 0 Å². The molecular formula is C24H28N4O2. The molecule has 0 unspecified atom stereocenters. The number of nitrogens with one attached hydrogen (secondary N) is 1. The Morgan fingerprint density at radius 1 is 1.07 bits per heavy atom. The molecule has 6 nitrogen and oxygen atoms in total. The number of hydrogen-bond donors (Lipinski definition) is 1. The monoisotopic (exact) mass is 404 g/mol. The minimum absolute atomic E-state index is 0.108. The fourth-order valence-electron chi connectivity index (χ4n) is 4.08. The van der Waals surface area contributed by atoms with Gasteiger partial charge >= 0.3 is 0 Å². The quantitative estimate of drug-likeness (QED) is 0.831. The Morgan fingerprint density at radius 3 is 2.57 bits per heavy atom. The summed E-state index contributed by atoms with van der Waals surface area (Å²) in [5, 5.41) is 3.06. The van der Waals surface area contributed by atoms with E-state index in [0.717, 1.165) is 73.3 Å². The molecule has 0 aromatic heterocycles.